The lowest BCUT2D eigenvalue weighted by Crippen LogP contribution is -1.87. The maximum atomic E-state index is 3.37. The van der Waals surface area contributed by atoms with Gasteiger partial charge < -0.3 is 0 Å². The molecule has 0 aromatic heterocycles. The van der Waals surface area contributed by atoms with Crippen molar-refractivity contribution < 1.29 is 0 Å². The SMILES string of the molecule is CCCCC(C)=C=CCC(C)CC. The Morgan fingerprint density at radius 2 is 2.08 bits per heavy atom. The molecule has 0 aliphatic carbocycles. The standard InChI is InChI=1S/C13H24/c1-5-7-9-13(4)11-8-10-12(3)6-2/h8,12H,5-7,9-10H2,1-4H3. The monoisotopic (exact) mass is 180 g/mol. The lowest BCUT2D eigenvalue weighted by molar-refractivity contribution is 0.572. The average Bonchev–Trinajstić information content (AvgIpc) is 2.14. The minimum Gasteiger partial charge on any atom is -0.126 e. The van der Waals surface area contributed by atoms with Crippen molar-refractivity contribution in [2.45, 2.75) is 59.8 Å². The summed E-state index contributed by atoms with van der Waals surface area (Å²) in [6.07, 6.45) is 8.46. The molecule has 0 aromatic rings. The second-order valence-corrected chi connectivity index (χ2v) is 3.98. The van der Waals surface area contributed by atoms with Gasteiger partial charge in [0.1, 0.15) is 0 Å². The average molecular weight is 180 g/mol. The summed E-state index contributed by atoms with van der Waals surface area (Å²) < 4.78 is 0. The van der Waals surface area contributed by atoms with Crippen LogP contribution in [0.25, 0.3) is 0 Å². The van der Waals surface area contributed by atoms with Crippen molar-refractivity contribution in [1.82, 2.24) is 0 Å². The smallest absolute Gasteiger partial charge is 0.0247 e. The number of rotatable bonds is 6. The Kier molecular flexibility index (Phi) is 7.83. The van der Waals surface area contributed by atoms with Crippen LogP contribution >= 0.6 is 0 Å². The van der Waals surface area contributed by atoms with Crippen LogP contribution in [0.15, 0.2) is 17.4 Å². The van der Waals surface area contributed by atoms with Crippen molar-refractivity contribution in [2.24, 2.45) is 5.92 Å². The second kappa shape index (κ2) is 8.13. The van der Waals surface area contributed by atoms with Crippen LogP contribution in [0.4, 0.5) is 0 Å². The highest BCUT2D eigenvalue weighted by Gasteiger charge is 1.93. The van der Waals surface area contributed by atoms with Crippen molar-refractivity contribution in [3.63, 3.8) is 0 Å². The van der Waals surface area contributed by atoms with Crippen molar-refractivity contribution in [3.05, 3.63) is 17.4 Å². The quantitative estimate of drug-likeness (QED) is 0.519. The molecule has 0 radical (unpaired) electrons. The van der Waals surface area contributed by atoms with Gasteiger partial charge in [-0.05, 0) is 43.8 Å². The first-order valence-electron chi connectivity index (χ1n) is 5.61. The van der Waals surface area contributed by atoms with E-state index in [1.165, 1.54) is 37.7 Å². The molecule has 0 N–H and O–H groups in total. The van der Waals surface area contributed by atoms with Crippen LogP contribution in [0.5, 0.6) is 0 Å². The number of hydrogen-bond acceptors (Lipinski definition) is 0. The normalized spacial score (nSPS) is 12.0. The zero-order valence-electron chi connectivity index (χ0n) is 9.69. The maximum absolute atomic E-state index is 3.37. The summed E-state index contributed by atoms with van der Waals surface area (Å²) in [5.74, 6) is 0.812. The minimum absolute atomic E-state index is 0.812. The second-order valence-electron chi connectivity index (χ2n) is 3.98. The van der Waals surface area contributed by atoms with Gasteiger partial charge in [-0.1, -0.05) is 33.6 Å². The summed E-state index contributed by atoms with van der Waals surface area (Å²) in [6, 6.07) is 0. The van der Waals surface area contributed by atoms with E-state index < -0.39 is 0 Å². The molecule has 1 unspecified atom stereocenters. The molecule has 0 heteroatoms. The van der Waals surface area contributed by atoms with E-state index in [2.05, 4.69) is 39.5 Å². The Hall–Kier alpha value is -0.480. The van der Waals surface area contributed by atoms with Gasteiger partial charge in [-0.2, -0.15) is 0 Å². The van der Waals surface area contributed by atoms with Gasteiger partial charge in [-0.25, -0.2) is 0 Å². The number of hydrogen-bond donors (Lipinski definition) is 0. The predicted octanol–water partition coefficient (Wildman–Crippen LogP) is 4.71. The van der Waals surface area contributed by atoms with Gasteiger partial charge in [0.25, 0.3) is 0 Å². The highest BCUT2D eigenvalue weighted by atomic mass is 14.0. The van der Waals surface area contributed by atoms with E-state index in [1.54, 1.807) is 0 Å². The molecule has 0 amide bonds. The summed E-state index contributed by atoms with van der Waals surface area (Å²) in [7, 11) is 0. The Bertz CT molecular complexity index is 170. The largest absolute Gasteiger partial charge is 0.126 e. The van der Waals surface area contributed by atoms with Crippen LogP contribution in [-0.4, -0.2) is 0 Å². The third-order valence-electron chi connectivity index (χ3n) is 2.47. The fourth-order valence-electron chi connectivity index (χ4n) is 1.12. The first kappa shape index (κ1) is 12.5. The molecule has 13 heavy (non-hydrogen) atoms. The van der Waals surface area contributed by atoms with Crippen LogP contribution in [-0.2, 0) is 0 Å². The lowest BCUT2D eigenvalue weighted by Gasteiger charge is -2.01. The van der Waals surface area contributed by atoms with E-state index in [-0.39, 0.29) is 0 Å². The van der Waals surface area contributed by atoms with Gasteiger partial charge >= 0.3 is 0 Å². The molecule has 0 aromatic carbocycles. The molecular weight excluding hydrogens is 156 g/mol. The van der Waals surface area contributed by atoms with Crippen LogP contribution in [0, 0.1) is 5.92 Å². The third kappa shape index (κ3) is 7.87. The minimum atomic E-state index is 0.812. The van der Waals surface area contributed by atoms with Crippen molar-refractivity contribution in [1.29, 1.82) is 0 Å². The fraction of sp³-hybridized carbons (Fsp3) is 0.769. The van der Waals surface area contributed by atoms with Gasteiger partial charge in [0, 0.05) is 0 Å². The van der Waals surface area contributed by atoms with Gasteiger partial charge in [0.15, 0.2) is 0 Å². The topological polar surface area (TPSA) is 0 Å². The van der Waals surface area contributed by atoms with E-state index in [9.17, 15) is 0 Å². The first-order chi connectivity index (χ1) is 6.20. The first-order valence-corrected chi connectivity index (χ1v) is 5.61. The Morgan fingerprint density at radius 1 is 1.38 bits per heavy atom. The molecule has 1 atom stereocenters. The molecule has 0 aliphatic heterocycles. The van der Waals surface area contributed by atoms with Gasteiger partial charge in [-0.3, -0.25) is 0 Å². The van der Waals surface area contributed by atoms with Crippen molar-refractivity contribution in [2.75, 3.05) is 0 Å². The van der Waals surface area contributed by atoms with E-state index in [0.717, 1.165) is 5.92 Å². The van der Waals surface area contributed by atoms with Gasteiger partial charge in [0.05, 0.1) is 0 Å². The lowest BCUT2D eigenvalue weighted by atomic mass is 10.0. The maximum Gasteiger partial charge on any atom is -0.0247 e. The van der Waals surface area contributed by atoms with Crippen molar-refractivity contribution >= 4 is 0 Å². The van der Waals surface area contributed by atoms with Gasteiger partial charge in [-0.15, -0.1) is 5.73 Å². The molecule has 76 valence electrons. The Labute approximate surface area is 83.7 Å². The highest BCUT2D eigenvalue weighted by molar-refractivity contribution is 4.98. The molecule has 0 nitrogen and oxygen atoms in total. The van der Waals surface area contributed by atoms with Crippen molar-refractivity contribution in [3.8, 4) is 0 Å². The summed E-state index contributed by atoms with van der Waals surface area (Å²) in [4.78, 5) is 0. The van der Waals surface area contributed by atoms with E-state index >= 15 is 0 Å². The molecule has 0 saturated heterocycles. The van der Waals surface area contributed by atoms with Crippen LogP contribution < -0.4 is 0 Å². The molecule has 0 spiro atoms. The molecule has 0 fully saturated rings. The molecule has 0 aliphatic rings. The zero-order valence-corrected chi connectivity index (χ0v) is 9.69. The third-order valence-corrected chi connectivity index (χ3v) is 2.47. The summed E-state index contributed by atoms with van der Waals surface area (Å²) in [6.45, 7) is 8.95. The fourth-order valence-corrected chi connectivity index (χ4v) is 1.12. The van der Waals surface area contributed by atoms with E-state index in [4.69, 9.17) is 0 Å². The molecule has 0 rings (SSSR count). The summed E-state index contributed by atoms with van der Waals surface area (Å²) >= 11 is 0. The Balaban J connectivity index is 3.77. The summed E-state index contributed by atoms with van der Waals surface area (Å²) in [5, 5.41) is 0. The highest BCUT2D eigenvalue weighted by Crippen LogP contribution is 2.08. The molecule has 0 bridgehead atoms. The van der Waals surface area contributed by atoms with Crippen LogP contribution in [0.3, 0.4) is 0 Å². The number of allylic oxidation sites excluding steroid dienone is 1. The zero-order chi connectivity index (χ0) is 10.1. The van der Waals surface area contributed by atoms with E-state index in [0.29, 0.717) is 0 Å². The van der Waals surface area contributed by atoms with E-state index in [1.807, 2.05) is 0 Å². The molecular formula is C13H24. The molecule has 0 saturated carbocycles. The van der Waals surface area contributed by atoms with Crippen LogP contribution in [0.2, 0.25) is 0 Å². The predicted molar refractivity (Wildman–Crippen MR) is 60.9 cm³/mol. The summed E-state index contributed by atoms with van der Waals surface area (Å²) in [5.41, 5.74) is 4.78. The van der Waals surface area contributed by atoms with Crippen LogP contribution in [0.1, 0.15) is 59.8 Å². The number of unbranched alkanes of at least 4 members (excludes halogenated alkanes) is 1. The molecule has 0 heterocycles. The Morgan fingerprint density at radius 3 is 2.62 bits per heavy atom. The van der Waals surface area contributed by atoms with Gasteiger partial charge in [0.2, 0.25) is 0 Å².